The number of benzene rings is 1. The van der Waals surface area contributed by atoms with Crippen LogP contribution in [0.2, 0.25) is 0 Å². The van der Waals surface area contributed by atoms with Gasteiger partial charge < -0.3 is 9.47 Å². The number of sulfonamides is 1. The normalized spacial score (nSPS) is 29.2. The van der Waals surface area contributed by atoms with Gasteiger partial charge in [0.1, 0.15) is 5.82 Å². The van der Waals surface area contributed by atoms with Crippen LogP contribution in [0, 0.1) is 11.2 Å². The number of fused-ring (bicyclic) bond motifs is 1. The Bertz CT molecular complexity index is 645. The van der Waals surface area contributed by atoms with Crippen molar-refractivity contribution in [1.82, 2.24) is 4.31 Å². The Morgan fingerprint density at radius 3 is 2.83 bits per heavy atom. The molecule has 5 nitrogen and oxygen atoms in total. The molecule has 1 aromatic rings. The lowest BCUT2D eigenvalue weighted by Gasteiger charge is -2.49. The SMILES string of the molecule is COC[C@@]12CCCO[C@@H]1CCN(S(=O)(=O)c1ccc(F)cc1)C2. The van der Waals surface area contributed by atoms with Gasteiger partial charge in [0.15, 0.2) is 0 Å². The molecule has 2 aliphatic heterocycles. The fourth-order valence-electron chi connectivity index (χ4n) is 3.71. The molecule has 7 heteroatoms. The topological polar surface area (TPSA) is 55.8 Å². The van der Waals surface area contributed by atoms with Gasteiger partial charge in [-0.3, -0.25) is 0 Å². The van der Waals surface area contributed by atoms with Crippen molar-refractivity contribution in [1.29, 1.82) is 0 Å². The highest BCUT2D eigenvalue weighted by Crippen LogP contribution is 2.41. The molecular formula is C16H22FNO4S. The lowest BCUT2D eigenvalue weighted by Crippen LogP contribution is -2.57. The molecular weight excluding hydrogens is 321 g/mol. The van der Waals surface area contributed by atoms with Crippen LogP contribution in [-0.2, 0) is 19.5 Å². The van der Waals surface area contributed by atoms with Gasteiger partial charge in [0.05, 0.1) is 17.6 Å². The van der Waals surface area contributed by atoms with Gasteiger partial charge >= 0.3 is 0 Å². The molecule has 3 rings (SSSR count). The summed E-state index contributed by atoms with van der Waals surface area (Å²) in [6, 6.07) is 4.98. The third-order valence-corrected chi connectivity index (χ3v) is 6.70. The van der Waals surface area contributed by atoms with Crippen LogP contribution in [0.25, 0.3) is 0 Å². The van der Waals surface area contributed by atoms with E-state index in [1.807, 2.05) is 0 Å². The van der Waals surface area contributed by atoms with E-state index in [1.165, 1.54) is 28.6 Å². The molecule has 0 aromatic heterocycles. The first-order valence-corrected chi connectivity index (χ1v) is 9.28. The second-order valence-corrected chi connectivity index (χ2v) is 8.28. The molecule has 0 spiro atoms. The van der Waals surface area contributed by atoms with Gasteiger partial charge in [-0.1, -0.05) is 0 Å². The van der Waals surface area contributed by atoms with E-state index in [-0.39, 0.29) is 16.4 Å². The first-order chi connectivity index (χ1) is 11.0. The monoisotopic (exact) mass is 343 g/mol. The van der Waals surface area contributed by atoms with Gasteiger partial charge in [-0.25, -0.2) is 12.8 Å². The number of piperidine rings is 1. The summed E-state index contributed by atoms with van der Waals surface area (Å²) in [5.74, 6) is -0.445. The minimum Gasteiger partial charge on any atom is -0.384 e. The van der Waals surface area contributed by atoms with Crippen molar-refractivity contribution in [3.63, 3.8) is 0 Å². The van der Waals surface area contributed by atoms with Crippen LogP contribution >= 0.6 is 0 Å². The lowest BCUT2D eigenvalue weighted by molar-refractivity contribution is -0.137. The van der Waals surface area contributed by atoms with Crippen LogP contribution in [0.1, 0.15) is 19.3 Å². The minimum absolute atomic E-state index is 0.0378. The summed E-state index contributed by atoms with van der Waals surface area (Å²) < 4.78 is 51.5. The van der Waals surface area contributed by atoms with E-state index in [4.69, 9.17) is 9.47 Å². The van der Waals surface area contributed by atoms with Crippen molar-refractivity contribution in [3.8, 4) is 0 Å². The maximum atomic E-state index is 13.1. The molecule has 0 bridgehead atoms. The standard InChI is InChI=1S/C16H22FNO4S/c1-21-12-16-8-2-10-22-15(16)7-9-18(11-16)23(19,20)14-5-3-13(17)4-6-14/h3-6,15H,2,7-12H2,1H3/t15-,16+/m1/s1. The third kappa shape index (κ3) is 3.15. The smallest absolute Gasteiger partial charge is 0.243 e. The van der Waals surface area contributed by atoms with Crippen molar-refractivity contribution in [2.24, 2.45) is 5.41 Å². The van der Waals surface area contributed by atoms with Crippen LogP contribution in [-0.4, -0.2) is 52.2 Å². The van der Waals surface area contributed by atoms with Crippen molar-refractivity contribution in [2.75, 3.05) is 33.4 Å². The predicted octanol–water partition coefficient (Wildman–Crippen LogP) is 2.03. The molecule has 2 atom stereocenters. The molecule has 2 heterocycles. The minimum atomic E-state index is -3.63. The molecule has 2 aliphatic rings. The van der Waals surface area contributed by atoms with Gasteiger partial charge in [0.2, 0.25) is 10.0 Å². The predicted molar refractivity (Wildman–Crippen MR) is 83.1 cm³/mol. The van der Waals surface area contributed by atoms with Gasteiger partial charge in [-0.2, -0.15) is 4.31 Å². The lowest BCUT2D eigenvalue weighted by atomic mass is 9.73. The summed E-state index contributed by atoms with van der Waals surface area (Å²) in [6.07, 6.45) is 2.49. The summed E-state index contributed by atoms with van der Waals surface area (Å²) in [6.45, 7) is 2.00. The van der Waals surface area contributed by atoms with E-state index < -0.39 is 15.8 Å². The molecule has 128 valence electrons. The van der Waals surface area contributed by atoms with Crippen LogP contribution < -0.4 is 0 Å². The van der Waals surface area contributed by atoms with E-state index in [9.17, 15) is 12.8 Å². The maximum absolute atomic E-state index is 13.1. The summed E-state index contributed by atoms with van der Waals surface area (Å²) >= 11 is 0. The second kappa shape index (κ2) is 6.47. The average molecular weight is 343 g/mol. The van der Waals surface area contributed by atoms with Gasteiger partial charge in [0.25, 0.3) is 0 Å². The number of methoxy groups -OCH3 is 1. The number of hydrogen-bond acceptors (Lipinski definition) is 4. The van der Waals surface area contributed by atoms with Crippen LogP contribution in [0.3, 0.4) is 0 Å². The molecule has 2 fully saturated rings. The summed E-state index contributed by atoms with van der Waals surface area (Å²) in [5, 5.41) is 0. The fourth-order valence-corrected chi connectivity index (χ4v) is 5.26. The maximum Gasteiger partial charge on any atom is 0.243 e. The van der Waals surface area contributed by atoms with Crippen molar-refractivity contribution in [3.05, 3.63) is 30.1 Å². The molecule has 0 N–H and O–H groups in total. The number of halogens is 1. The number of rotatable bonds is 4. The molecule has 0 amide bonds. The third-order valence-electron chi connectivity index (χ3n) is 4.84. The average Bonchev–Trinajstić information content (AvgIpc) is 2.55. The van der Waals surface area contributed by atoms with E-state index >= 15 is 0 Å². The highest BCUT2D eigenvalue weighted by Gasteiger charge is 2.48. The molecule has 2 saturated heterocycles. The number of nitrogens with zero attached hydrogens (tertiary/aromatic N) is 1. The molecule has 0 aliphatic carbocycles. The molecule has 1 aromatic carbocycles. The molecule has 23 heavy (non-hydrogen) atoms. The highest BCUT2D eigenvalue weighted by atomic mass is 32.2. The summed E-state index contributed by atoms with van der Waals surface area (Å²) in [7, 11) is -2.00. The van der Waals surface area contributed by atoms with E-state index in [2.05, 4.69) is 0 Å². The first-order valence-electron chi connectivity index (χ1n) is 7.84. The van der Waals surface area contributed by atoms with E-state index in [0.29, 0.717) is 26.1 Å². The Kier molecular flexibility index (Phi) is 4.73. The number of ether oxygens (including phenoxy) is 2. The van der Waals surface area contributed by atoms with Crippen LogP contribution in [0.4, 0.5) is 4.39 Å². The Balaban J connectivity index is 1.87. The molecule has 0 unspecified atom stereocenters. The Morgan fingerprint density at radius 2 is 2.13 bits per heavy atom. The fraction of sp³-hybridized carbons (Fsp3) is 0.625. The Morgan fingerprint density at radius 1 is 1.39 bits per heavy atom. The van der Waals surface area contributed by atoms with Gasteiger partial charge in [0, 0.05) is 32.2 Å². The van der Waals surface area contributed by atoms with Crippen molar-refractivity contribution >= 4 is 10.0 Å². The van der Waals surface area contributed by atoms with Crippen molar-refractivity contribution < 1.29 is 22.3 Å². The van der Waals surface area contributed by atoms with E-state index in [0.717, 1.165) is 19.4 Å². The largest absolute Gasteiger partial charge is 0.384 e. The van der Waals surface area contributed by atoms with Crippen molar-refractivity contribution in [2.45, 2.75) is 30.3 Å². The molecule has 0 radical (unpaired) electrons. The van der Waals surface area contributed by atoms with Gasteiger partial charge in [-0.05, 0) is 43.5 Å². The van der Waals surface area contributed by atoms with Gasteiger partial charge in [-0.15, -0.1) is 0 Å². The summed E-state index contributed by atoms with van der Waals surface area (Å²) in [5.41, 5.74) is -0.293. The zero-order valence-electron chi connectivity index (χ0n) is 13.2. The second-order valence-electron chi connectivity index (χ2n) is 6.34. The number of hydrogen-bond donors (Lipinski definition) is 0. The highest BCUT2D eigenvalue weighted by molar-refractivity contribution is 7.89. The molecule has 0 saturated carbocycles. The summed E-state index contributed by atoms with van der Waals surface area (Å²) in [4.78, 5) is 0.127. The first kappa shape index (κ1) is 16.8. The Labute approximate surface area is 136 Å². The van der Waals surface area contributed by atoms with Crippen LogP contribution in [0.5, 0.6) is 0 Å². The zero-order chi connectivity index (χ0) is 16.5. The quantitative estimate of drug-likeness (QED) is 0.839. The Hall–Kier alpha value is -1.02. The van der Waals surface area contributed by atoms with Crippen LogP contribution in [0.15, 0.2) is 29.2 Å². The zero-order valence-corrected chi connectivity index (χ0v) is 14.0. The van der Waals surface area contributed by atoms with E-state index in [1.54, 1.807) is 7.11 Å².